The zero-order valence-corrected chi connectivity index (χ0v) is 18.6. The molecule has 3 aromatic rings. The summed E-state index contributed by atoms with van der Waals surface area (Å²) in [6.07, 6.45) is 0. The number of Topliss-reactive ketones (excluding diaryl/α,β-unsaturated/α-hetero) is 1. The van der Waals surface area contributed by atoms with E-state index in [1.54, 1.807) is 12.1 Å². The highest BCUT2D eigenvalue weighted by atomic mass is 79.9. The fraction of sp³-hybridized carbons (Fsp3) is 0.250. The van der Waals surface area contributed by atoms with Gasteiger partial charge in [0.2, 0.25) is 5.78 Å². The SMILES string of the molecule is Cc1cc(C(=O)COC(=O)c2ccc(C(C)C)cc2)c(C)n1-c1ccc(Br)cc1. The average Bonchev–Trinajstić information content (AvgIpc) is 3.01. The van der Waals surface area contributed by atoms with Gasteiger partial charge in [0.15, 0.2) is 6.61 Å². The van der Waals surface area contributed by atoms with Gasteiger partial charge in [-0.2, -0.15) is 0 Å². The summed E-state index contributed by atoms with van der Waals surface area (Å²) in [6.45, 7) is 7.76. The zero-order chi connectivity index (χ0) is 21.1. The average molecular weight is 454 g/mol. The van der Waals surface area contributed by atoms with Crippen LogP contribution in [0, 0.1) is 13.8 Å². The first-order valence-corrected chi connectivity index (χ1v) is 10.3. The van der Waals surface area contributed by atoms with Crippen molar-refractivity contribution < 1.29 is 14.3 Å². The quantitative estimate of drug-likeness (QED) is 0.338. The minimum atomic E-state index is -0.490. The van der Waals surface area contributed by atoms with Gasteiger partial charge >= 0.3 is 5.97 Å². The van der Waals surface area contributed by atoms with Crippen molar-refractivity contribution in [3.8, 4) is 5.69 Å². The molecule has 0 aliphatic heterocycles. The summed E-state index contributed by atoms with van der Waals surface area (Å²) in [5, 5.41) is 0. The molecule has 3 rings (SSSR count). The molecule has 0 aliphatic rings. The smallest absolute Gasteiger partial charge is 0.338 e. The molecule has 0 aliphatic carbocycles. The first kappa shape index (κ1) is 21.1. The van der Waals surface area contributed by atoms with E-state index >= 15 is 0 Å². The molecule has 0 saturated heterocycles. The molecule has 0 amide bonds. The molecule has 1 aromatic heterocycles. The third-order valence-corrected chi connectivity index (χ3v) is 5.49. The molecule has 1 heterocycles. The molecule has 29 heavy (non-hydrogen) atoms. The van der Waals surface area contributed by atoms with Crippen molar-refractivity contribution in [3.63, 3.8) is 0 Å². The van der Waals surface area contributed by atoms with Crippen molar-refractivity contribution in [1.82, 2.24) is 4.57 Å². The van der Waals surface area contributed by atoms with Crippen LogP contribution >= 0.6 is 15.9 Å². The van der Waals surface area contributed by atoms with E-state index < -0.39 is 5.97 Å². The van der Waals surface area contributed by atoms with Crippen molar-refractivity contribution in [3.05, 3.63) is 87.1 Å². The number of hydrogen-bond acceptors (Lipinski definition) is 3. The van der Waals surface area contributed by atoms with Gasteiger partial charge in [-0.25, -0.2) is 4.79 Å². The van der Waals surface area contributed by atoms with E-state index in [9.17, 15) is 9.59 Å². The van der Waals surface area contributed by atoms with Gasteiger partial charge in [0.25, 0.3) is 0 Å². The summed E-state index contributed by atoms with van der Waals surface area (Å²) in [7, 11) is 0. The van der Waals surface area contributed by atoms with Crippen LogP contribution in [0.5, 0.6) is 0 Å². The summed E-state index contributed by atoms with van der Waals surface area (Å²) in [5.74, 6) is -0.313. The molecule has 0 N–H and O–H groups in total. The second-order valence-corrected chi connectivity index (χ2v) is 8.29. The van der Waals surface area contributed by atoms with E-state index in [0.717, 1.165) is 27.1 Å². The number of aryl methyl sites for hydroxylation is 1. The number of rotatable bonds is 6. The molecule has 0 saturated carbocycles. The number of nitrogens with zero attached hydrogens (tertiary/aromatic N) is 1. The third kappa shape index (κ3) is 4.67. The van der Waals surface area contributed by atoms with Gasteiger partial charge in [-0.15, -0.1) is 0 Å². The molecular formula is C24H24BrNO3. The van der Waals surface area contributed by atoms with Crippen LogP contribution in [0.3, 0.4) is 0 Å². The Hall–Kier alpha value is -2.66. The minimum Gasteiger partial charge on any atom is -0.454 e. The maximum absolute atomic E-state index is 12.7. The van der Waals surface area contributed by atoms with Gasteiger partial charge in [0.1, 0.15) is 0 Å². The Morgan fingerprint density at radius 1 is 1.00 bits per heavy atom. The number of carbonyl (C=O) groups excluding carboxylic acids is 2. The molecular weight excluding hydrogens is 430 g/mol. The van der Waals surface area contributed by atoms with Crippen LogP contribution in [-0.4, -0.2) is 22.9 Å². The minimum absolute atomic E-state index is 0.214. The van der Waals surface area contributed by atoms with Crippen LogP contribution in [0.15, 0.2) is 59.1 Å². The molecule has 0 spiro atoms. The van der Waals surface area contributed by atoms with Gasteiger partial charge in [-0.1, -0.05) is 41.9 Å². The lowest BCUT2D eigenvalue weighted by Gasteiger charge is -2.10. The van der Waals surface area contributed by atoms with E-state index in [1.807, 2.05) is 60.9 Å². The van der Waals surface area contributed by atoms with Gasteiger partial charge in [0, 0.05) is 27.1 Å². The standard InChI is InChI=1S/C24H24BrNO3/c1-15(2)18-5-7-19(8-6-18)24(28)29-14-23(27)22-13-16(3)26(17(22)4)21-11-9-20(25)10-12-21/h5-13,15H,14H2,1-4H3. The zero-order valence-electron chi connectivity index (χ0n) is 17.0. The predicted octanol–water partition coefficient (Wildman–Crippen LogP) is 6.02. The topological polar surface area (TPSA) is 48.3 Å². The van der Waals surface area contributed by atoms with Crippen molar-refractivity contribution in [2.45, 2.75) is 33.6 Å². The monoisotopic (exact) mass is 453 g/mol. The number of ketones is 1. The highest BCUT2D eigenvalue weighted by Crippen LogP contribution is 2.23. The molecule has 5 heteroatoms. The lowest BCUT2D eigenvalue weighted by Crippen LogP contribution is -2.15. The van der Waals surface area contributed by atoms with Crippen LogP contribution in [-0.2, 0) is 4.74 Å². The molecule has 150 valence electrons. The largest absolute Gasteiger partial charge is 0.454 e. The molecule has 0 atom stereocenters. The summed E-state index contributed by atoms with van der Waals surface area (Å²) < 4.78 is 8.28. The van der Waals surface area contributed by atoms with E-state index in [4.69, 9.17) is 4.74 Å². The lowest BCUT2D eigenvalue weighted by molar-refractivity contribution is 0.0474. The van der Waals surface area contributed by atoms with Crippen molar-refractivity contribution in [2.24, 2.45) is 0 Å². The Morgan fingerprint density at radius 2 is 1.62 bits per heavy atom. The molecule has 4 nitrogen and oxygen atoms in total. The maximum atomic E-state index is 12.7. The van der Waals surface area contributed by atoms with E-state index in [1.165, 1.54) is 0 Å². The fourth-order valence-electron chi connectivity index (χ4n) is 3.33. The first-order valence-electron chi connectivity index (χ1n) is 9.53. The van der Waals surface area contributed by atoms with Crippen LogP contribution in [0.25, 0.3) is 5.69 Å². The van der Waals surface area contributed by atoms with Crippen molar-refractivity contribution >= 4 is 27.7 Å². The number of benzene rings is 2. The third-order valence-electron chi connectivity index (χ3n) is 4.96. The number of esters is 1. The highest BCUT2D eigenvalue weighted by molar-refractivity contribution is 9.10. The second kappa shape index (κ2) is 8.78. The first-order chi connectivity index (χ1) is 13.8. The second-order valence-electron chi connectivity index (χ2n) is 7.37. The lowest BCUT2D eigenvalue weighted by atomic mass is 10.0. The summed E-state index contributed by atoms with van der Waals surface area (Å²) in [4.78, 5) is 25.0. The van der Waals surface area contributed by atoms with Gasteiger partial charge < -0.3 is 9.30 Å². The van der Waals surface area contributed by atoms with Gasteiger partial charge in [-0.05, 0) is 67.8 Å². The van der Waals surface area contributed by atoms with Gasteiger partial charge in [0.05, 0.1) is 5.56 Å². The number of ether oxygens (including phenoxy) is 1. The molecule has 0 fully saturated rings. The summed E-state index contributed by atoms with van der Waals surface area (Å²) in [6, 6.07) is 17.0. The van der Waals surface area contributed by atoms with Crippen molar-refractivity contribution in [2.75, 3.05) is 6.61 Å². The molecule has 0 radical (unpaired) electrons. The van der Waals surface area contributed by atoms with Crippen LogP contribution in [0.4, 0.5) is 0 Å². The molecule has 2 aromatic carbocycles. The normalized spacial score (nSPS) is 11.0. The summed E-state index contributed by atoms with van der Waals surface area (Å²) >= 11 is 3.44. The van der Waals surface area contributed by atoms with Crippen LogP contribution < -0.4 is 0 Å². The Labute approximate surface area is 179 Å². The number of aromatic nitrogens is 1. The molecule has 0 unspecified atom stereocenters. The van der Waals surface area contributed by atoms with Crippen LogP contribution in [0.2, 0.25) is 0 Å². The van der Waals surface area contributed by atoms with E-state index in [2.05, 4.69) is 29.8 Å². The number of halogens is 1. The van der Waals surface area contributed by atoms with Crippen LogP contribution in [0.1, 0.15) is 57.4 Å². The summed E-state index contributed by atoms with van der Waals surface area (Å²) in [5.41, 5.74) is 4.91. The van der Waals surface area contributed by atoms with E-state index in [0.29, 0.717) is 17.0 Å². The van der Waals surface area contributed by atoms with Gasteiger partial charge in [-0.3, -0.25) is 4.79 Å². The van der Waals surface area contributed by atoms with Crippen molar-refractivity contribution in [1.29, 1.82) is 0 Å². The Morgan fingerprint density at radius 3 is 2.21 bits per heavy atom. The predicted molar refractivity (Wildman–Crippen MR) is 118 cm³/mol. The number of carbonyl (C=O) groups is 2. The Balaban J connectivity index is 1.72. The maximum Gasteiger partial charge on any atom is 0.338 e. The fourth-order valence-corrected chi connectivity index (χ4v) is 3.59. The molecule has 0 bridgehead atoms. The number of hydrogen-bond donors (Lipinski definition) is 0. The highest BCUT2D eigenvalue weighted by Gasteiger charge is 2.18. The van der Waals surface area contributed by atoms with E-state index in [-0.39, 0.29) is 12.4 Å². The Bertz CT molecular complexity index is 1030. The Kier molecular flexibility index (Phi) is 6.38.